The predicted octanol–water partition coefficient (Wildman–Crippen LogP) is 1.76. The highest BCUT2D eigenvalue weighted by molar-refractivity contribution is 5.90. The summed E-state index contributed by atoms with van der Waals surface area (Å²) in [4.78, 5) is 23.8. The molecule has 1 aromatic heterocycles. The monoisotopic (exact) mass is 275 g/mol. The van der Waals surface area contributed by atoms with Gasteiger partial charge in [0.2, 0.25) is 5.91 Å². The zero-order chi connectivity index (χ0) is 14.1. The minimum atomic E-state index is -0.417. The van der Waals surface area contributed by atoms with E-state index in [1.807, 2.05) is 0 Å². The normalized spacial score (nSPS) is 14.2. The summed E-state index contributed by atoms with van der Waals surface area (Å²) in [7, 11) is 0. The summed E-state index contributed by atoms with van der Waals surface area (Å²) in [6.07, 6.45) is 5.33. The molecule has 5 nitrogen and oxygen atoms in total. The van der Waals surface area contributed by atoms with E-state index in [4.69, 9.17) is 0 Å². The van der Waals surface area contributed by atoms with Gasteiger partial charge in [-0.3, -0.25) is 13.9 Å². The Labute approximate surface area is 114 Å². The van der Waals surface area contributed by atoms with E-state index in [1.54, 1.807) is 23.0 Å². The maximum Gasteiger partial charge on any atom is 0.328 e. The maximum atomic E-state index is 13.0. The number of aromatic nitrogens is 2. The lowest BCUT2D eigenvalue weighted by molar-refractivity contribution is -0.116. The first-order valence-electron chi connectivity index (χ1n) is 6.46. The summed E-state index contributed by atoms with van der Waals surface area (Å²) in [5.74, 6) is -0.772. The molecule has 3 rings (SSSR count). The average molecular weight is 275 g/mol. The van der Waals surface area contributed by atoms with Gasteiger partial charge in [-0.25, -0.2) is 9.18 Å². The van der Waals surface area contributed by atoms with Crippen molar-refractivity contribution in [1.82, 2.24) is 9.13 Å². The van der Waals surface area contributed by atoms with Gasteiger partial charge in [0.1, 0.15) is 12.4 Å². The molecule has 0 saturated heterocycles. The van der Waals surface area contributed by atoms with Gasteiger partial charge in [0.15, 0.2) is 0 Å². The molecule has 0 spiro atoms. The van der Waals surface area contributed by atoms with Crippen LogP contribution in [-0.2, 0) is 11.3 Å². The number of imidazole rings is 1. The Hall–Kier alpha value is -2.37. The third-order valence-electron chi connectivity index (χ3n) is 3.24. The summed E-state index contributed by atoms with van der Waals surface area (Å²) in [6, 6.07) is 5.93. The molecule has 0 aliphatic heterocycles. The molecule has 0 bridgehead atoms. The molecular weight excluding hydrogens is 261 g/mol. The van der Waals surface area contributed by atoms with Crippen molar-refractivity contribution < 1.29 is 9.18 Å². The Bertz CT molecular complexity index is 700. The van der Waals surface area contributed by atoms with Crippen LogP contribution in [0.15, 0.2) is 41.5 Å². The second-order valence-electron chi connectivity index (χ2n) is 4.91. The highest BCUT2D eigenvalue weighted by Crippen LogP contribution is 2.33. The zero-order valence-corrected chi connectivity index (χ0v) is 10.8. The highest BCUT2D eigenvalue weighted by atomic mass is 19.1. The van der Waals surface area contributed by atoms with Crippen molar-refractivity contribution in [3.05, 3.63) is 53.0 Å². The SMILES string of the molecule is O=C(Cn1ccn(C2CC2)c1=O)Nc1cccc(F)c1. The third kappa shape index (κ3) is 2.64. The molecule has 1 saturated carbocycles. The van der Waals surface area contributed by atoms with Gasteiger partial charge in [0.25, 0.3) is 0 Å². The predicted molar refractivity (Wildman–Crippen MR) is 72.0 cm³/mol. The first-order valence-corrected chi connectivity index (χ1v) is 6.46. The Morgan fingerprint density at radius 1 is 1.35 bits per heavy atom. The number of hydrogen-bond donors (Lipinski definition) is 1. The number of hydrogen-bond acceptors (Lipinski definition) is 2. The topological polar surface area (TPSA) is 56.0 Å². The van der Waals surface area contributed by atoms with Gasteiger partial charge in [-0.1, -0.05) is 6.07 Å². The highest BCUT2D eigenvalue weighted by Gasteiger charge is 2.25. The smallest absolute Gasteiger partial charge is 0.324 e. The molecule has 1 aliphatic carbocycles. The Balaban J connectivity index is 1.68. The fraction of sp³-hybridized carbons (Fsp3) is 0.286. The van der Waals surface area contributed by atoms with Gasteiger partial charge in [0.05, 0.1) is 0 Å². The van der Waals surface area contributed by atoms with E-state index in [0.717, 1.165) is 12.8 Å². The van der Waals surface area contributed by atoms with Crippen LogP contribution < -0.4 is 11.0 Å². The maximum absolute atomic E-state index is 13.0. The number of carbonyl (C=O) groups is 1. The molecule has 104 valence electrons. The standard InChI is InChI=1S/C14H14FN3O2/c15-10-2-1-3-11(8-10)16-13(19)9-17-6-7-18(14(17)20)12-4-5-12/h1-3,6-8,12H,4-5,9H2,(H,16,19). The van der Waals surface area contributed by atoms with Crippen molar-refractivity contribution in [2.75, 3.05) is 5.32 Å². The molecule has 1 fully saturated rings. The summed E-state index contributed by atoms with van der Waals surface area (Å²) < 4.78 is 16.0. The van der Waals surface area contributed by atoms with Crippen LogP contribution in [-0.4, -0.2) is 15.0 Å². The number of amides is 1. The zero-order valence-electron chi connectivity index (χ0n) is 10.8. The van der Waals surface area contributed by atoms with Crippen molar-refractivity contribution in [1.29, 1.82) is 0 Å². The van der Waals surface area contributed by atoms with Gasteiger partial charge < -0.3 is 5.32 Å². The largest absolute Gasteiger partial charge is 0.328 e. The van der Waals surface area contributed by atoms with E-state index in [9.17, 15) is 14.0 Å². The lowest BCUT2D eigenvalue weighted by Crippen LogP contribution is -2.28. The van der Waals surface area contributed by atoms with Gasteiger partial charge >= 0.3 is 5.69 Å². The first-order chi connectivity index (χ1) is 9.63. The second kappa shape index (κ2) is 4.96. The van der Waals surface area contributed by atoms with Crippen molar-refractivity contribution >= 4 is 11.6 Å². The number of carbonyl (C=O) groups excluding carboxylic acids is 1. The number of rotatable bonds is 4. The third-order valence-corrected chi connectivity index (χ3v) is 3.24. The fourth-order valence-corrected chi connectivity index (χ4v) is 2.10. The van der Waals surface area contributed by atoms with Crippen molar-refractivity contribution in [2.45, 2.75) is 25.4 Å². The van der Waals surface area contributed by atoms with Crippen LogP contribution in [0.3, 0.4) is 0 Å². The summed E-state index contributed by atoms with van der Waals surface area (Å²) in [5, 5.41) is 2.56. The first kappa shape index (κ1) is 12.7. The van der Waals surface area contributed by atoms with E-state index in [2.05, 4.69) is 5.32 Å². The summed E-state index contributed by atoms with van der Waals surface area (Å²) in [6.45, 7) is -0.0743. The molecular formula is C14H14FN3O2. The van der Waals surface area contributed by atoms with Gasteiger partial charge in [-0.2, -0.15) is 0 Å². The van der Waals surface area contributed by atoms with Gasteiger partial charge in [-0.15, -0.1) is 0 Å². The molecule has 2 aromatic rings. The Kier molecular flexibility index (Phi) is 3.14. The van der Waals surface area contributed by atoms with Crippen molar-refractivity contribution in [3.63, 3.8) is 0 Å². The molecule has 0 atom stereocenters. The van der Waals surface area contributed by atoms with E-state index in [-0.39, 0.29) is 24.2 Å². The molecule has 1 aliphatic rings. The van der Waals surface area contributed by atoms with Crippen LogP contribution in [0.2, 0.25) is 0 Å². The minimum absolute atomic E-state index is 0.0743. The number of nitrogens with zero attached hydrogens (tertiary/aromatic N) is 2. The van der Waals surface area contributed by atoms with E-state index in [1.165, 1.54) is 22.8 Å². The van der Waals surface area contributed by atoms with E-state index >= 15 is 0 Å². The molecule has 20 heavy (non-hydrogen) atoms. The molecule has 1 amide bonds. The molecule has 0 radical (unpaired) electrons. The lowest BCUT2D eigenvalue weighted by atomic mass is 10.3. The molecule has 1 heterocycles. The molecule has 1 N–H and O–H groups in total. The van der Waals surface area contributed by atoms with E-state index < -0.39 is 5.82 Å². The summed E-state index contributed by atoms with van der Waals surface area (Å²) >= 11 is 0. The van der Waals surface area contributed by atoms with Crippen LogP contribution in [0.1, 0.15) is 18.9 Å². The number of halogens is 1. The van der Waals surface area contributed by atoms with Gasteiger partial charge in [0, 0.05) is 24.1 Å². The van der Waals surface area contributed by atoms with Crippen molar-refractivity contribution in [3.8, 4) is 0 Å². The molecule has 1 aromatic carbocycles. The number of nitrogens with one attached hydrogen (secondary N) is 1. The number of anilines is 1. The minimum Gasteiger partial charge on any atom is -0.324 e. The molecule has 0 unspecified atom stereocenters. The Morgan fingerprint density at radius 2 is 2.15 bits per heavy atom. The van der Waals surface area contributed by atoms with Crippen LogP contribution >= 0.6 is 0 Å². The van der Waals surface area contributed by atoms with Crippen LogP contribution in [0, 0.1) is 5.82 Å². The lowest BCUT2D eigenvalue weighted by Gasteiger charge is -2.05. The van der Waals surface area contributed by atoms with Crippen LogP contribution in [0.25, 0.3) is 0 Å². The molecule has 6 heteroatoms. The Morgan fingerprint density at radius 3 is 2.85 bits per heavy atom. The summed E-state index contributed by atoms with van der Waals surface area (Å²) in [5.41, 5.74) is 0.201. The number of benzene rings is 1. The van der Waals surface area contributed by atoms with Crippen LogP contribution in [0.4, 0.5) is 10.1 Å². The average Bonchev–Trinajstić information content (AvgIpc) is 3.17. The second-order valence-corrected chi connectivity index (χ2v) is 4.91. The van der Waals surface area contributed by atoms with Crippen molar-refractivity contribution in [2.24, 2.45) is 0 Å². The fourth-order valence-electron chi connectivity index (χ4n) is 2.10. The van der Waals surface area contributed by atoms with Crippen LogP contribution in [0.5, 0.6) is 0 Å². The van der Waals surface area contributed by atoms with Gasteiger partial charge in [-0.05, 0) is 31.0 Å². The van der Waals surface area contributed by atoms with E-state index in [0.29, 0.717) is 5.69 Å². The quantitative estimate of drug-likeness (QED) is 0.924.